The molecule has 2 aromatic heterocycles. The number of anilines is 1. The molecule has 0 aliphatic carbocycles. The number of carbonyl (C=O) groups excluding carboxylic acids is 2. The van der Waals surface area contributed by atoms with Gasteiger partial charge in [-0.3, -0.25) is 4.79 Å². The molecule has 4 aromatic rings. The van der Waals surface area contributed by atoms with Crippen LogP contribution in [0.1, 0.15) is 27.8 Å². The van der Waals surface area contributed by atoms with Gasteiger partial charge in [-0.1, -0.05) is 35.9 Å². The Bertz CT molecular complexity index is 1480. The van der Waals surface area contributed by atoms with Crippen molar-refractivity contribution in [3.8, 4) is 16.9 Å². The lowest BCUT2D eigenvalue weighted by molar-refractivity contribution is 0.0518. The second kappa shape index (κ2) is 11.9. The summed E-state index contributed by atoms with van der Waals surface area (Å²) in [6.07, 6.45) is 3.64. The number of piperazine rings is 1. The van der Waals surface area contributed by atoms with Crippen molar-refractivity contribution in [1.29, 1.82) is 0 Å². The van der Waals surface area contributed by atoms with Crippen LogP contribution < -0.4 is 4.90 Å². The lowest BCUT2D eigenvalue weighted by atomic mass is 10.1. The zero-order valence-corrected chi connectivity index (χ0v) is 23.3. The van der Waals surface area contributed by atoms with Crippen LogP contribution in [0.5, 0.6) is 0 Å². The summed E-state index contributed by atoms with van der Waals surface area (Å²) in [7, 11) is 0. The number of ether oxygens (including phenoxy) is 1. The molecule has 0 radical (unpaired) electrons. The first-order valence-electron chi connectivity index (χ1n) is 12.7. The van der Waals surface area contributed by atoms with Crippen LogP contribution in [-0.2, 0) is 4.74 Å². The number of rotatable bonds is 7. The number of amides is 1. The van der Waals surface area contributed by atoms with Gasteiger partial charge in [0.15, 0.2) is 5.69 Å². The number of aromatic nitrogens is 3. The first-order valence-corrected chi connectivity index (χ1v) is 14.3. The van der Waals surface area contributed by atoms with E-state index in [1.165, 1.54) is 11.8 Å². The molecule has 1 aliphatic rings. The topological polar surface area (TPSA) is 80.6 Å². The number of thioether (sulfide) groups is 1. The van der Waals surface area contributed by atoms with E-state index in [1.54, 1.807) is 36.0 Å². The van der Waals surface area contributed by atoms with Crippen molar-refractivity contribution in [2.24, 2.45) is 0 Å². The molecule has 3 heterocycles. The molecule has 5 rings (SSSR count). The van der Waals surface area contributed by atoms with Crippen LogP contribution in [0.3, 0.4) is 0 Å². The van der Waals surface area contributed by atoms with Gasteiger partial charge in [0, 0.05) is 43.6 Å². The zero-order chi connectivity index (χ0) is 27.4. The van der Waals surface area contributed by atoms with Crippen LogP contribution in [-0.4, -0.2) is 70.6 Å². The summed E-state index contributed by atoms with van der Waals surface area (Å²) in [6.45, 7) is 4.74. The van der Waals surface area contributed by atoms with Crippen LogP contribution in [0, 0.1) is 0 Å². The standard InChI is InChI=1S/C29H28ClN5O3S/c1-3-38-29(37)24-19-26(35(32-24)25-9-5-4-8-23(25)30)20-10-12-21(13-11-20)33-15-17-34(18-16-33)28(36)22-7-6-14-31-27(22)39-2/h4-14,19H,3,15-18H2,1-2H3. The number of esters is 1. The Morgan fingerprint density at radius 1 is 1.00 bits per heavy atom. The van der Waals surface area contributed by atoms with Crippen molar-refractivity contribution in [2.45, 2.75) is 11.9 Å². The largest absolute Gasteiger partial charge is 0.461 e. The summed E-state index contributed by atoms with van der Waals surface area (Å²) in [5, 5.41) is 5.79. The van der Waals surface area contributed by atoms with Gasteiger partial charge in [-0.25, -0.2) is 14.5 Å². The van der Waals surface area contributed by atoms with E-state index in [0.29, 0.717) is 29.4 Å². The van der Waals surface area contributed by atoms with Gasteiger partial charge in [0.2, 0.25) is 0 Å². The van der Waals surface area contributed by atoms with E-state index < -0.39 is 5.97 Å². The molecule has 8 nitrogen and oxygen atoms in total. The summed E-state index contributed by atoms with van der Waals surface area (Å²) in [4.78, 5) is 34.0. The predicted molar refractivity (Wildman–Crippen MR) is 154 cm³/mol. The first kappa shape index (κ1) is 26.8. The van der Waals surface area contributed by atoms with Gasteiger partial charge >= 0.3 is 5.97 Å². The molecule has 0 atom stereocenters. The molecule has 10 heteroatoms. The van der Waals surface area contributed by atoms with Gasteiger partial charge in [0.1, 0.15) is 5.03 Å². The number of hydrogen-bond donors (Lipinski definition) is 0. The lowest BCUT2D eigenvalue weighted by Gasteiger charge is -2.36. The average molecular weight is 562 g/mol. The minimum Gasteiger partial charge on any atom is -0.461 e. The molecule has 0 N–H and O–H groups in total. The van der Waals surface area contributed by atoms with Gasteiger partial charge in [-0.15, -0.1) is 11.8 Å². The van der Waals surface area contributed by atoms with Gasteiger partial charge in [0.05, 0.1) is 28.6 Å². The maximum Gasteiger partial charge on any atom is 0.358 e. The molecule has 0 unspecified atom stereocenters. The molecule has 1 fully saturated rings. The van der Waals surface area contributed by atoms with E-state index in [2.05, 4.69) is 15.0 Å². The average Bonchev–Trinajstić information content (AvgIpc) is 3.43. The van der Waals surface area contributed by atoms with E-state index in [1.807, 2.05) is 59.7 Å². The fourth-order valence-corrected chi connectivity index (χ4v) is 5.35. The highest BCUT2D eigenvalue weighted by Crippen LogP contribution is 2.30. The maximum atomic E-state index is 13.1. The summed E-state index contributed by atoms with van der Waals surface area (Å²) in [5.74, 6) is -0.461. The Morgan fingerprint density at radius 2 is 1.74 bits per heavy atom. The summed E-state index contributed by atoms with van der Waals surface area (Å²) in [5.41, 5.74) is 4.22. The number of halogens is 1. The van der Waals surface area contributed by atoms with Crippen molar-refractivity contribution in [3.05, 3.63) is 89.2 Å². The maximum absolute atomic E-state index is 13.1. The second-order valence-corrected chi connectivity index (χ2v) is 10.1. The summed E-state index contributed by atoms with van der Waals surface area (Å²) < 4.78 is 6.85. The molecular weight excluding hydrogens is 534 g/mol. The van der Waals surface area contributed by atoms with Crippen LogP contribution in [0.25, 0.3) is 16.9 Å². The van der Waals surface area contributed by atoms with Crippen LogP contribution in [0.15, 0.2) is 78.0 Å². The summed E-state index contributed by atoms with van der Waals surface area (Å²) in [6, 6.07) is 20.8. The number of para-hydroxylation sites is 1. The Morgan fingerprint density at radius 3 is 2.44 bits per heavy atom. The molecule has 1 saturated heterocycles. The molecule has 0 spiro atoms. The van der Waals surface area contributed by atoms with Crippen LogP contribution >= 0.6 is 23.4 Å². The minimum absolute atomic E-state index is 0.0210. The highest BCUT2D eigenvalue weighted by molar-refractivity contribution is 7.98. The SMILES string of the molecule is CCOC(=O)c1cc(-c2ccc(N3CCN(C(=O)c4cccnc4SC)CC3)cc2)n(-c2ccccc2Cl)n1. The number of carbonyl (C=O) groups is 2. The third-order valence-electron chi connectivity index (χ3n) is 6.56. The minimum atomic E-state index is -0.482. The van der Waals surface area contributed by atoms with Crippen LogP contribution in [0.4, 0.5) is 5.69 Å². The monoisotopic (exact) mass is 561 g/mol. The van der Waals surface area contributed by atoms with E-state index in [-0.39, 0.29) is 18.2 Å². The Labute approximate surface area is 236 Å². The molecule has 0 saturated carbocycles. The number of nitrogens with zero attached hydrogens (tertiary/aromatic N) is 5. The van der Waals surface area contributed by atoms with Gasteiger partial charge in [0.25, 0.3) is 5.91 Å². The smallest absolute Gasteiger partial charge is 0.358 e. The highest BCUT2D eigenvalue weighted by Gasteiger charge is 2.25. The highest BCUT2D eigenvalue weighted by atomic mass is 35.5. The van der Waals surface area contributed by atoms with Crippen molar-refractivity contribution < 1.29 is 14.3 Å². The lowest BCUT2D eigenvalue weighted by Crippen LogP contribution is -2.48. The molecule has 200 valence electrons. The number of benzene rings is 2. The van der Waals surface area contributed by atoms with E-state index in [0.717, 1.165) is 35.1 Å². The van der Waals surface area contributed by atoms with Crippen molar-refractivity contribution in [3.63, 3.8) is 0 Å². The number of hydrogen-bond acceptors (Lipinski definition) is 7. The van der Waals surface area contributed by atoms with Crippen molar-refractivity contribution >= 4 is 40.9 Å². The fraction of sp³-hybridized carbons (Fsp3) is 0.241. The number of pyridine rings is 1. The molecule has 0 bridgehead atoms. The van der Waals surface area contributed by atoms with E-state index in [9.17, 15) is 9.59 Å². The Balaban J connectivity index is 1.34. The predicted octanol–water partition coefficient (Wildman–Crippen LogP) is 5.45. The summed E-state index contributed by atoms with van der Waals surface area (Å²) >= 11 is 7.95. The Hall–Kier alpha value is -3.82. The van der Waals surface area contributed by atoms with Crippen molar-refractivity contribution in [2.75, 3.05) is 43.9 Å². The molecule has 2 aromatic carbocycles. The van der Waals surface area contributed by atoms with Gasteiger partial charge in [-0.2, -0.15) is 5.10 Å². The van der Waals surface area contributed by atoms with Crippen LogP contribution in [0.2, 0.25) is 5.02 Å². The normalized spacial score (nSPS) is 13.4. The fourth-order valence-electron chi connectivity index (χ4n) is 4.60. The zero-order valence-electron chi connectivity index (χ0n) is 21.7. The molecular formula is C29H28ClN5O3S. The third kappa shape index (κ3) is 5.65. The molecule has 1 amide bonds. The quantitative estimate of drug-likeness (QED) is 0.219. The second-order valence-electron chi connectivity index (χ2n) is 8.88. The third-order valence-corrected chi connectivity index (χ3v) is 7.60. The molecule has 39 heavy (non-hydrogen) atoms. The Kier molecular flexibility index (Phi) is 8.18. The first-order chi connectivity index (χ1) is 19.0. The molecule has 1 aliphatic heterocycles. The van der Waals surface area contributed by atoms with Gasteiger partial charge in [-0.05, 0) is 55.6 Å². The van der Waals surface area contributed by atoms with E-state index >= 15 is 0 Å². The van der Waals surface area contributed by atoms with Gasteiger partial charge < -0.3 is 14.5 Å². The van der Waals surface area contributed by atoms with Crippen molar-refractivity contribution in [1.82, 2.24) is 19.7 Å². The van der Waals surface area contributed by atoms with E-state index in [4.69, 9.17) is 16.3 Å².